The van der Waals surface area contributed by atoms with Crippen molar-refractivity contribution in [3.05, 3.63) is 47.0 Å². The average molecular weight is 337 g/mol. The van der Waals surface area contributed by atoms with Crippen molar-refractivity contribution in [2.75, 3.05) is 31.1 Å². The molecule has 3 rings (SSSR count). The summed E-state index contributed by atoms with van der Waals surface area (Å²) in [5, 5.41) is 3.82. The molecule has 0 bridgehead atoms. The van der Waals surface area contributed by atoms with Crippen molar-refractivity contribution in [1.29, 1.82) is 0 Å². The molecule has 122 valence electrons. The molecule has 1 aliphatic rings. The number of nitrogens with zero attached hydrogens (tertiary/aromatic N) is 3. The minimum atomic E-state index is -0.343. The van der Waals surface area contributed by atoms with E-state index in [2.05, 4.69) is 20.2 Å². The maximum absolute atomic E-state index is 13.3. The predicted octanol–water partition coefficient (Wildman–Crippen LogP) is 2.65. The third-order valence-corrected chi connectivity index (χ3v) is 4.02. The number of anilines is 1. The molecular formula is C16H18ClFN4O. The van der Waals surface area contributed by atoms with Crippen LogP contribution in [0.15, 0.2) is 30.6 Å². The van der Waals surface area contributed by atoms with E-state index in [1.807, 2.05) is 0 Å². The Morgan fingerprint density at radius 2 is 2.17 bits per heavy atom. The molecule has 1 saturated heterocycles. The van der Waals surface area contributed by atoms with Gasteiger partial charge in [0.15, 0.2) is 5.82 Å². The van der Waals surface area contributed by atoms with Gasteiger partial charge < -0.3 is 15.0 Å². The summed E-state index contributed by atoms with van der Waals surface area (Å²) in [7, 11) is 0. The number of rotatable bonds is 4. The first-order valence-corrected chi connectivity index (χ1v) is 7.94. The van der Waals surface area contributed by atoms with Crippen molar-refractivity contribution in [3.8, 4) is 5.88 Å². The summed E-state index contributed by atoms with van der Waals surface area (Å²) >= 11 is 6.04. The monoisotopic (exact) mass is 336 g/mol. The Bertz CT molecular complexity index is 662. The molecule has 23 heavy (non-hydrogen) atoms. The minimum Gasteiger partial charge on any atom is -0.472 e. The zero-order valence-corrected chi connectivity index (χ0v) is 13.4. The lowest BCUT2D eigenvalue weighted by Gasteiger charge is -2.20. The number of ether oxygens (including phenoxy) is 1. The van der Waals surface area contributed by atoms with Crippen molar-refractivity contribution in [2.24, 2.45) is 0 Å². The lowest BCUT2D eigenvalue weighted by molar-refractivity contribution is 0.292. The zero-order chi connectivity index (χ0) is 16.1. The van der Waals surface area contributed by atoms with Crippen LogP contribution in [0.1, 0.15) is 12.0 Å². The number of hydrogen-bond donors (Lipinski definition) is 1. The number of nitrogens with one attached hydrogen (secondary N) is 1. The third kappa shape index (κ3) is 4.30. The molecule has 0 saturated carbocycles. The molecule has 1 fully saturated rings. The molecule has 0 radical (unpaired) electrons. The zero-order valence-electron chi connectivity index (χ0n) is 12.6. The van der Waals surface area contributed by atoms with Gasteiger partial charge in [0.05, 0.1) is 12.4 Å². The lowest BCUT2D eigenvalue weighted by Crippen LogP contribution is -2.28. The van der Waals surface area contributed by atoms with E-state index in [0.717, 1.165) is 38.4 Å². The molecule has 1 N–H and O–H groups in total. The fraction of sp³-hybridized carbons (Fsp3) is 0.375. The smallest absolute Gasteiger partial charge is 0.234 e. The molecule has 1 aromatic heterocycles. The van der Waals surface area contributed by atoms with E-state index in [0.29, 0.717) is 16.5 Å². The first-order valence-electron chi connectivity index (χ1n) is 7.57. The van der Waals surface area contributed by atoms with E-state index in [1.165, 1.54) is 18.2 Å². The van der Waals surface area contributed by atoms with E-state index >= 15 is 0 Å². The van der Waals surface area contributed by atoms with E-state index in [-0.39, 0.29) is 12.4 Å². The van der Waals surface area contributed by atoms with Crippen molar-refractivity contribution in [1.82, 2.24) is 15.3 Å². The summed E-state index contributed by atoms with van der Waals surface area (Å²) in [6, 6.07) is 4.20. The van der Waals surface area contributed by atoms with Crippen LogP contribution in [0.4, 0.5) is 10.2 Å². The van der Waals surface area contributed by atoms with Gasteiger partial charge in [0.1, 0.15) is 12.4 Å². The molecule has 7 heteroatoms. The topological polar surface area (TPSA) is 50.3 Å². The Hall–Kier alpha value is -1.92. The Labute approximate surface area is 139 Å². The molecule has 0 spiro atoms. The second-order valence-electron chi connectivity index (χ2n) is 5.33. The normalized spacial score (nSPS) is 15.3. The van der Waals surface area contributed by atoms with Crippen LogP contribution >= 0.6 is 11.6 Å². The van der Waals surface area contributed by atoms with E-state index in [1.54, 1.807) is 12.4 Å². The van der Waals surface area contributed by atoms with Gasteiger partial charge in [-0.15, -0.1) is 0 Å². The number of aromatic nitrogens is 2. The van der Waals surface area contributed by atoms with Crippen LogP contribution in [0.2, 0.25) is 5.02 Å². The van der Waals surface area contributed by atoms with E-state index in [9.17, 15) is 4.39 Å². The van der Waals surface area contributed by atoms with Crippen LogP contribution in [0, 0.1) is 5.82 Å². The van der Waals surface area contributed by atoms with Crippen molar-refractivity contribution in [3.63, 3.8) is 0 Å². The van der Waals surface area contributed by atoms with Gasteiger partial charge in [-0.2, -0.15) is 4.98 Å². The van der Waals surface area contributed by atoms with E-state index < -0.39 is 0 Å². The van der Waals surface area contributed by atoms with Gasteiger partial charge in [0, 0.05) is 30.2 Å². The second kappa shape index (κ2) is 7.57. The molecule has 2 heterocycles. The summed E-state index contributed by atoms with van der Waals surface area (Å²) in [5.41, 5.74) is 0.581. The van der Waals surface area contributed by atoms with Crippen LogP contribution in [0.5, 0.6) is 5.88 Å². The van der Waals surface area contributed by atoms with Crippen molar-refractivity contribution in [2.45, 2.75) is 13.0 Å². The largest absolute Gasteiger partial charge is 0.472 e. The van der Waals surface area contributed by atoms with Crippen LogP contribution < -0.4 is 15.0 Å². The highest BCUT2D eigenvalue weighted by atomic mass is 35.5. The molecule has 1 aromatic carbocycles. The predicted molar refractivity (Wildman–Crippen MR) is 87.5 cm³/mol. The van der Waals surface area contributed by atoms with Gasteiger partial charge >= 0.3 is 0 Å². The molecule has 0 aliphatic carbocycles. The summed E-state index contributed by atoms with van der Waals surface area (Å²) in [4.78, 5) is 10.8. The van der Waals surface area contributed by atoms with Gasteiger partial charge in [0.2, 0.25) is 5.88 Å². The van der Waals surface area contributed by atoms with Crippen LogP contribution in [-0.4, -0.2) is 36.1 Å². The standard InChI is InChI=1S/C16H18ClFN4O/c17-14-3-2-13(18)8-12(14)11-23-16-10-20-9-15(21-16)22-6-1-4-19-5-7-22/h2-3,8-10,19H,1,4-7,11H2. The first-order chi connectivity index (χ1) is 11.2. The molecule has 0 amide bonds. The Balaban J connectivity index is 1.68. The molecule has 0 unspecified atom stereocenters. The highest BCUT2D eigenvalue weighted by Crippen LogP contribution is 2.20. The minimum absolute atomic E-state index is 0.149. The highest BCUT2D eigenvalue weighted by molar-refractivity contribution is 6.31. The summed E-state index contributed by atoms with van der Waals surface area (Å²) < 4.78 is 18.9. The molecule has 1 aliphatic heterocycles. The summed E-state index contributed by atoms with van der Waals surface area (Å²) in [6.45, 7) is 3.90. The Morgan fingerprint density at radius 3 is 3.09 bits per heavy atom. The molecular weight excluding hydrogens is 319 g/mol. The maximum Gasteiger partial charge on any atom is 0.234 e. The number of halogens is 2. The van der Waals surface area contributed by atoms with Gasteiger partial charge in [-0.25, -0.2) is 4.39 Å². The Kier molecular flexibility index (Phi) is 5.25. The molecule has 5 nitrogen and oxygen atoms in total. The van der Waals surface area contributed by atoms with E-state index in [4.69, 9.17) is 16.3 Å². The first kappa shape index (κ1) is 16.0. The Morgan fingerprint density at radius 1 is 1.26 bits per heavy atom. The van der Waals surface area contributed by atoms with Crippen molar-refractivity contribution >= 4 is 17.4 Å². The summed E-state index contributed by atoms with van der Waals surface area (Å²) in [6.07, 6.45) is 4.34. The van der Waals surface area contributed by atoms with Crippen LogP contribution in [0.3, 0.4) is 0 Å². The maximum atomic E-state index is 13.3. The number of benzene rings is 1. The van der Waals surface area contributed by atoms with Crippen molar-refractivity contribution < 1.29 is 9.13 Å². The quantitative estimate of drug-likeness (QED) is 0.930. The van der Waals surface area contributed by atoms with Gasteiger partial charge in [-0.1, -0.05) is 11.6 Å². The van der Waals surface area contributed by atoms with Crippen LogP contribution in [-0.2, 0) is 6.61 Å². The van der Waals surface area contributed by atoms with Crippen LogP contribution in [0.25, 0.3) is 0 Å². The SMILES string of the molecule is Fc1ccc(Cl)c(COc2cncc(N3CCCNCC3)n2)c1. The third-order valence-electron chi connectivity index (χ3n) is 3.65. The average Bonchev–Trinajstić information content (AvgIpc) is 2.85. The lowest BCUT2D eigenvalue weighted by atomic mass is 10.2. The molecule has 0 atom stereocenters. The summed E-state index contributed by atoms with van der Waals surface area (Å²) in [5.74, 6) is 0.849. The second-order valence-corrected chi connectivity index (χ2v) is 5.74. The fourth-order valence-corrected chi connectivity index (χ4v) is 2.61. The fourth-order valence-electron chi connectivity index (χ4n) is 2.44. The van der Waals surface area contributed by atoms with Gasteiger partial charge in [-0.05, 0) is 31.2 Å². The molecule has 2 aromatic rings. The van der Waals surface area contributed by atoms with Gasteiger partial charge in [-0.3, -0.25) is 4.98 Å². The highest BCUT2D eigenvalue weighted by Gasteiger charge is 2.12. The number of hydrogen-bond acceptors (Lipinski definition) is 5. The van der Waals surface area contributed by atoms with Gasteiger partial charge in [0.25, 0.3) is 0 Å².